The number of hydrogen-bond donors (Lipinski definition) is 2. The van der Waals surface area contributed by atoms with Crippen LogP contribution in [0.3, 0.4) is 0 Å². The third-order valence-electron chi connectivity index (χ3n) is 5.62. The molecule has 7 nitrogen and oxygen atoms in total. The molecule has 0 heterocycles. The number of alkyl halides is 3. The number of halogens is 4. The number of rotatable bonds is 14. The Balaban J connectivity index is 1.94. The fraction of sp³-hybridized carbons (Fsp3) is 0.500. The van der Waals surface area contributed by atoms with Crippen LogP contribution in [0.5, 0.6) is 17.2 Å². The van der Waals surface area contributed by atoms with Crippen molar-refractivity contribution in [3.05, 3.63) is 53.1 Å². The Labute approximate surface area is 226 Å². The number of carbonyl (C=O) groups excluding carboxylic acids is 1. The number of nitrogens with one attached hydrogen (secondary N) is 1. The predicted octanol–water partition coefficient (Wildman–Crippen LogP) is 7.94. The van der Waals surface area contributed by atoms with Crippen molar-refractivity contribution < 1.29 is 41.4 Å². The van der Waals surface area contributed by atoms with Crippen LogP contribution in [-0.2, 0) is 20.1 Å². The highest BCUT2D eigenvalue weighted by atomic mass is 35.5. The minimum Gasteiger partial charge on any atom is -0.481 e. The zero-order chi connectivity index (χ0) is 28.5. The second-order valence-electron chi connectivity index (χ2n) is 8.88. The highest BCUT2D eigenvalue weighted by Crippen LogP contribution is 2.48. The van der Waals surface area contributed by atoms with E-state index in [0.717, 1.165) is 37.5 Å². The molecule has 4 atom stereocenters. The van der Waals surface area contributed by atoms with Gasteiger partial charge in [0.25, 0.3) is 5.91 Å². The highest BCUT2D eigenvalue weighted by molar-refractivity contribution is 7.53. The molecule has 2 aromatic rings. The maximum atomic E-state index is 12.8. The van der Waals surface area contributed by atoms with Gasteiger partial charge in [-0.3, -0.25) is 9.36 Å². The molecule has 0 aliphatic rings. The minimum atomic E-state index is -4.52. The van der Waals surface area contributed by atoms with Crippen LogP contribution in [0.25, 0.3) is 0 Å². The number of hydrogen-bond acceptors (Lipinski definition) is 5. The lowest BCUT2D eigenvalue weighted by Gasteiger charge is -2.26. The first-order valence-electron chi connectivity index (χ1n) is 12.4. The lowest BCUT2D eigenvalue weighted by Crippen LogP contribution is -2.41. The smallest absolute Gasteiger partial charge is 0.416 e. The van der Waals surface area contributed by atoms with E-state index in [0.29, 0.717) is 18.6 Å². The minimum absolute atomic E-state index is 0.0431. The summed E-state index contributed by atoms with van der Waals surface area (Å²) in [4.78, 5) is 23.0. The molecule has 1 amide bonds. The molecule has 0 aliphatic heterocycles. The second kappa shape index (κ2) is 14.2. The van der Waals surface area contributed by atoms with Crippen LogP contribution in [0.15, 0.2) is 42.5 Å². The Hall–Kier alpha value is -2.26. The Morgan fingerprint density at radius 3 is 2.24 bits per heavy atom. The molecule has 212 valence electrons. The average Bonchev–Trinajstić information content (AvgIpc) is 2.84. The van der Waals surface area contributed by atoms with Gasteiger partial charge in [0.05, 0.1) is 16.7 Å². The third-order valence-corrected chi connectivity index (χ3v) is 7.63. The summed E-state index contributed by atoms with van der Waals surface area (Å²) < 4.78 is 67.8. The van der Waals surface area contributed by atoms with E-state index in [1.54, 1.807) is 0 Å². The second-order valence-corrected chi connectivity index (χ2v) is 11.4. The van der Waals surface area contributed by atoms with E-state index in [2.05, 4.69) is 5.32 Å². The molecule has 0 aliphatic carbocycles. The van der Waals surface area contributed by atoms with E-state index < -0.39 is 37.1 Å². The highest BCUT2D eigenvalue weighted by Gasteiger charge is 2.34. The van der Waals surface area contributed by atoms with Crippen LogP contribution < -0.4 is 14.8 Å². The van der Waals surface area contributed by atoms with Crippen molar-refractivity contribution in [2.75, 3.05) is 0 Å². The first kappa shape index (κ1) is 32.0. The third kappa shape index (κ3) is 9.80. The van der Waals surface area contributed by atoms with E-state index in [1.165, 1.54) is 38.1 Å². The van der Waals surface area contributed by atoms with Gasteiger partial charge in [-0.1, -0.05) is 44.7 Å². The van der Waals surface area contributed by atoms with E-state index >= 15 is 0 Å². The van der Waals surface area contributed by atoms with Crippen molar-refractivity contribution in [2.24, 2.45) is 0 Å². The van der Waals surface area contributed by atoms with Crippen molar-refractivity contribution in [3.63, 3.8) is 0 Å². The molecular weight excluding hydrogens is 546 g/mol. The standard InChI is InChI=1S/C26H34ClF3NO6P/c1-5-7-9-22(8-6-2)37-38(33,34)18(4)31-25(32)17(3)35-20-11-13-21(14-12-20)36-24-15-10-19(16-23(24)27)26(28,29)30/h10-18,22H,5-9H2,1-4H3,(H,31,32)(H,33,34). The van der Waals surface area contributed by atoms with E-state index in [9.17, 15) is 27.4 Å². The van der Waals surface area contributed by atoms with Gasteiger partial charge in [-0.05, 0) is 69.2 Å². The van der Waals surface area contributed by atoms with Crippen LogP contribution in [0.2, 0.25) is 5.02 Å². The van der Waals surface area contributed by atoms with Gasteiger partial charge < -0.3 is 24.2 Å². The van der Waals surface area contributed by atoms with Crippen molar-refractivity contribution in [2.45, 2.75) is 84.0 Å². The van der Waals surface area contributed by atoms with Crippen molar-refractivity contribution in [3.8, 4) is 17.2 Å². The Kier molecular flexibility index (Phi) is 12.0. The molecule has 12 heteroatoms. The van der Waals surface area contributed by atoms with Crippen molar-refractivity contribution in [1.29, 1.82) is 0 Å². The van der Waals surface area contributed by atoms with Crippen LogP contribution >= 0.6 is 19.2 Å². The first-order chi connectivity index (χ1) is 17.8. The number of amides is 1. The normalized spacial score (nSPS) is 15.7. The fourth-order valence-corrected chi connectivity index (χ4v) is 4.77. The summed E-state index contributed by atoms with van der Waals surface area (Å²) in [5, 5.41) is 2.29. The van der Waals surface area contributed by atoms with Crippen LogP contribution in [-0.4, -0.2) is 28.8 Å². The zero-order valence-corrected chi connectivity index (χ0v) is 23.4. The molecule has 2 rings (SSSR count). The topological polar surface area (TPSA) is 94.1 Å². The predicted molar refractivity (Wildman–Crippen MR) is 140 cm³/mol. The molecule has 2 aromatic carbocycles. The molecule has 0 spiro atoms. The van der Waals surface area contributed by atoms with E-state index in [1.807, 2.05) is 13.8 Å². The first-order valence-corrected chi connectivity index (χ1v) is 14.4. The Bertz CT molecular complexity index is 1100. The number of carbonyl (C=O) groups is 1. The van der Waals surface area contributed by atoms with Crippen LogP contribution in [0.1, 0.15) is 65.4 Å². The van der Waals surface area contributed by atoms with Crippen LogP contribution in [0, 0.1) is 0 Å². The Morgan fingerprint density at radius 2 is 1.68 bits per heavy atom. The lowest BCUT2D eigenvalue weighted by molar-refractivity contribution is -0.137. The monoisotopic (exact) mass is 579 g/mol. The molecule has 2 N–H and O–H groups in total. The van der Waals surface area contributed by atoms with E-state index in [-0.39, 0.29) is 22.6 Å². The summed E-state index contributed by atoms with van der Waals surface area (Å²) in [6, 6.07) is 8.77. The fourth-order valence-electron chi connectivity index (χ4n) is 3.44. The molecule has 4 unspecified atom stereocenters. The number of benzene rings is 2. The van der Waals surface area contributed by atoms with Crippen molar-refractivity contribution >= 4 is 25.1 Å². The summed E-state index contributed by atoms with van der Waals surface area (Å²) in [6.45, 7) is 6.89. The molecule has 0 fully saturated rings. The summed E-state index contributed by atoms with van der Waals surface area (Å²) in [5.74, 6) is -1.11. The average molecular weight is 580 g/mol. The van der Waals surface area contributed by atoms with E-state index in [4.69, 9.17) is 25.6 Å². The lowest BCUT2D eigenvalue weighted by atomic mass is 10.1. The summed E-state index contributed by atoms with van der Waals surface area (Å²) in [7, 11) is -4.12. The quantitative estimate of drug-likeness (QED) is 0.221. The maximum Gasteiger partial charge on any atom is 0.416 e. The van der Waals surface area contributed by atoms with Gasteiger partial charge in [0.1, 0.15) is 23.0 Å². The number of unbranched alkanes of at least 4 members (excludes halogenated alkanes) is 1. The Morgan fingerprint density at radius 1 is 1.05 bits per heavy atom. The summed E-state index contributed by atoms with van der Waals surface area (Å²) >= 11 is 5.92. The molecular formula is C26H34ClF3NO6P. The molecule has 0 radical (unpaired) electrons. The molecule has 38 heavy (non-hydrogen) atoms. The van der Waals surface area contributed by atoms with Gasteiger partial charge in [0, 0.05) is 0 Å². The van der Waals surface area contributed by atoms with Gasteiger partial charge in [-0.25, -0.2) is 0 Å². The molecule has 0 saturated heterocycles. The van der Waals surface area contributed by atoms with Gasteiger partial charge in [0.2, 0.25) is 0 Å². The van der Waals surface area contributed by atoms with Gasteiger partial charge in [-0.2, -0.15) is 13.2 Å². The maximum absolute atomic E-state index is 12.8. The molecule has 0 saturated carbocycles. The van der Waals surface area contributed by atoms with Crippen molar-refractivity contribution in [1.82, 2.24) is 5.32 Å². The molecule has 0 aromatic heterocycles. The molecule has 0 bridgehead atoms. The SMILES string of the molecule is CCCCC(CCC)OP(=O)(O)C(C)NC(=O)C(C)Oc1ccc(Oc2ccc(C(F)(F)F)cc2Cl)cc1. The number of ether oxygens (including phenoxy) is 2. The largest absolute Gasteiger partial charge is 0.481 e. The van der Waals surface area contributed by atoms with Gasteiger partial charge in [-0.15, -0.1) is 0 Å². The van der Waals surface area contributed by atoms with Crippen LogP contribution in [0.4, 0.5) is 13.2 Å². The summed E-state index contributed by atoms with van der Waals surface area (Å²) in [5.41, 5.74) is -0.887. The van der Waals surface area contributed by atoms with Gasteiger partial charge >= 0.3 is 13.8 Å². The summed E-state index contributed by atoms with van der Waals surface area (Å²) in [6.07, 6.45) is -1.94. The zero-order valence-electron chi connectivity index (χ0n) is 21.8. The van der Waals surface area contributed by atoms with Gasteiger partial charge in [0.15, 0.2) is 6.10 Å².